The summed E-state index contributed by atoms with van der Waals surface area (Å²) in [4.78, 5) is 15.4. The molecule has 1 aromatic heterocycles. The van der Waals surface area contributed by atoms with Gasteiger partial charge in [0.15, 0.2) is 0 Å². The van der Waals surface area contributed by atoms with Gasteiger partial charge in [0.2, 0.25) is 0 Å². The molecule has 0 fully saturated rings. The number of aromatic nitrogens is 1. The summed E-state index contributed by atoms with van der Waals surface area (Å²) >= 11 is 0. The SMILES string of the molecule is CC1Oc2cc(OCC(CC(C)(F)CC(C)(C)C)NC(=O)O)ccc2-c2ccncc21. The van der Waals surface area contributed by atoms with E-state index in [9.17, 15) is 9.90 Å². The molecule has 0 radical (unpaired) electrons. The lowest BCUT2D eigenvalue weighted by Gasteiger charge is -2.32. The molecule has 1 amide bonds. The maximum atomic E-state index is 15.1. The number of fused-ring (bicyclic) bond motifs is 3. The van der Waals surface area contributed by atoms with Crippen LogP contribution in [0.4, 0.5) is 9.18 Å². The first-order valence-electron chi connectivity index (χ1n) is 10.5. The van der Waals surface area contributed by atoms with E-state index >= 15 is 4.39 Å². The number of benzene rings is 1. The standard InChI is InChI=1S/C24H31FN2O4/c1-15-20-12-26-9-8-18(20)19-7-6-17(10-21(19)31-15)30-13-16(27-22(28)29)11-24(5,25)14-23(2,3)4/h6-10,12,15-16,27H,11,13-14H2,1-5H3,(H,28,29). The molecule has 3 atom stereocenters. The average Bonchev–Trinajstić information content (AvgIpc) is 2.63. The van der Waals surface area contributed by atoms with Gasteiger partial charge in [0.05, 0.1) is 6.04 Å². The lowest BCUT2D eigenvalue weighted by atomic mass is 9.81. The summed E-state index contributed by atoms with van der Waals surface area (Å²) in [5.74, 6) is 1.23. The summed E-state index contributed by atoms with van der Waals surface area (Å²) < 4.78 is 27.0. The molecular formula is C24H31FN2O4. The molecule has 7 heteroatoms. The Labute approximate surface area is 182 Å². The van der Waals surface area contributed by atoms with Crippen molar-refractivity contribution in [1.82, 2.24) is 10.3 Å². The molecule has 2 N–H and O–H groups in total. The topological polar surface area (TPSA) is 80.7 Å². The van der Waals surface area contributed by atoms with E-state index in [4.69, 9.17) is 9.47 Å². The van der Waals surface area contributed by atoms with Crippen molar-refractivity contribution < 1.29 is 23.8 Å². The molecule has 31 heavy (non-hydrogen) atoms. The third-order valence-corrected chi connectivity index (χ3v) is 5.19. The highest BCUT2D eigenvalue weighted by Gasteiger charge is 2.33. The van der Waals surface area contributed by atoms with Gasteiger partial charge < -0.3 is 19.9 Å². The Balaban J connectivity index is 1.73. The van der Waals surface area contributed by atoms with Crippen molar-refractivity contribution in [3.05, 3.63) is 42.2 Å². The zero-order valence-corrected chi connectivity index (χ0v) is 18.7. The number of carbonyl (C=O) groups is 1. The average molecular weight is 431 g/mol. The van der Waals surface area contributed by atoms with E-state index in [2.05, 4.69) is 10.3 Å². The van der Waals surface area contributed by atoms with Crippen LogP contribution in [0.5, 0.6) is 11.5 Å². The molecule has 0 aliphatic carbocycles. The molecule has 3 unspecified atom stereocenters. The van der Waals surface area contributed by atoms with Gasteiger partial charge >= 0.3 is 6.09 Å². The number of alkyl halides is 1. The first-order chi connectivity index (χ1) is 14.4. The van der Waals surface area contributed by atoms with Gasteiger partial charge in [-0.1, -0.05) is 20.8 Å². The Hall–Kier alpha value is -2.83. The van der Waals surface area contributed by atoms with Gasteiger partial charge in [0, 0.05) is 36.0 Å². The van der Waals surface area contributed by atoms with Crippen molar-refractivity contribution in [3.8, 4) is 22.6 Å². The van der Waals surface area contributed by atoms with Gasteiger partial charge in [-0.05, 0) is 49.4 Å². The largest absolute Gasteiger partial charge is 0.491 e. The van der Waals surface area contributed by atoms with Crippen LogP contribution in [0.3, 0.4) is 0 Å². The Bertz CT molecular complexity index is 939. The monoisotopic (exact) mass is 430 g/mol. The zero-order valence-electron chi connectivity index (χ0n) is 18.7. The van der Waals surface area contributed by atoms with Crippen LogP contribution < -0.4 is 14.8 Å². The molecule has 0 saturated heterocycles. The van der Waals surface area contributed by atoms with E-state index in [1.165, 1.54) is 6.92 Å². The molecule has 3 rings (SSSR count). The number of rotatable bonds is 7. The summed E-state index contributed by atoms with van der Waals surface area (Å²) in [6.07, 6.45) is 2.55. The van der Waals surface area contributed by atoms with Crippen LogP contribution in [-0.4, -0.2) is 34.5 Å². The first-order valence-corrected chi connectivity index (χ1v) is 10.5. The predicted octanol–water partition coefficient (Wildman–Crippen LogP) is 5.77. The second kappa shape index (κ2) is 8.73. The minimum atomic E-state index is -1.53. The van der Waals surface area contributed by atoms with Gasteiger partial charge in [-0.25, -0.2) is 9.18 Å². The number of pyridine rings is 1. The minimum Gasteiger partial charge on any atom is -0.491 e. The van der Waals surface area contributed by atoms with E-state index in [0.717, 1.165) is 16.7 Å². The number of hydrogen-bond donors (Lipinski definition) is 2. The van der Waals surface area contributed by atoms with Gasteiger partial charge in [0.25, 0.3) is 0 Å². The summed E-state index contributed by atoms with van der Waals surface area (Å²) in [7, 11) is 0. The lowest BCUT2D eigenvalue weighted by molar-refractivity contribution is 0.0842. The molecule has 1 aliphatic heterocycles. The van der Waals surface area contributed by atoms with Gasteiger partial charge in [0.1, 0.15) is 29.9 Å². The van der Waals surface area contributed by atoms with Crippen LogP contribution in [0.25, 0.3) is 11.1 Å². The molecule has 2 heterocycles. The molecular weight excluding hydrogens is 399 g/mol. The number of amides is 1. The van der Waals surface area contributed by atoms with E-state index in [1.54, 1.807) is 18.5 Å². The van der Waals surface area contributed by atoms with Crippen molar-refractivity contribution in [2.45, 2.75) is 65.3 Å². The highest BCUT2D eigenvalue weighted by Crippen LogP contribution is 2.43. The zero-order chi connectivity index (χ0) is 22.8. The summed E-state index contributed by atoms with van der Waals surface area (Å²) in [6, 6.07) is 6.78. The second-order valence-electron chi connectivity index (χ2n) is 9.69. The predicted molar refractivity (Wildman–Crippen MR) is 117 cm³/mol. The molecule has 0 saturated carbocycles. The minimum absolute atomic E-state index is 0.0187. The third kappa shape index (κ3) is 6.09. The number of carboxylic acid groups (broad SMARTS) is 1. The van der Waals surface area contributed by atoms with Crippen molar-refractivity contribution in [3.63, 3.8) is 0 Å². The fourth-order valence-corrected chi connectivity index (χ4v) is 4.36. The van der Waals surface area contributed by atoms with E-state index in [-0.39, 0.29) is 24.5 Å². The number of nitrogens with zero attached hydrogens (tertiary/aromatic N) is 1. The van der Waals surface area contributed by atoms with E-state index in [1.807, 2.05) is 45.9 Å². The van der Waals surface area contributed by atoms with Crippen molar-refractivity contribution in [2.24, 2.45) is 5.41 Å². The number of nitrogens with one attached hydrogen (secondary N) is 1. The van der Waals surface area contributed by atoms with Crippen LogP contribution in [0, 0.1) is 5.41 Å². The molecule has 0 spiro atoms. The lowest BCUT2D eigenvalue weighted by Crippen LogP contribution is -2.43. The van der Waals surface area contributed by atoms with Gasteiger partial charge in [-0.3, -0.25) is 4.98 Å². The molecule has 1 aliphatic rings. The van der Waals surface area contributed by atoms with Gasteiger partial charge in [-0.2, -0.15) is 0 Å². The Morgan fingerprint density at radius 1 is 1.29 bits per heavy atom. The van der Waals surface area contributed by atoms with Crippen LogP contribution >= 0.6 is 0 Å². The Morgan fingerprint density at radius 3 is 2.71 bits per heavy atom. The molecule has 0 bridgehead atoms. The summed E-state index contributed by atoms with van der Waals surface area (Å²) in [5.41, 5.74) is 1.30. The maximum absolute atomic E-state index is 15.1. The number of ether oxygens (including phenoxy) is 2. The summed E-state index contributed by atoms with van der Waals surface area (Å²) in [6.45, 7) is 9.37. The van der Waals surface area contributed by atoms with Crippen molar-refractivity contribution in [1.29, 1.82) is 0 Å². The van der Waals surface area contributed by atoms with Crippen LogP contribution in [0.15, 0.2) is 36.7 Å². The van der Waals surface area contributed by atoms with Crippen LogP contribution in [0.2, 0.25) is 0 Å². The quantitative estimate of drug-likeness (QED) is 0.583. The normalized spacial score (nSPS) is 18.1. The number of hydrogen-bond acceptors (Lipinski definition) is 4. The molecule has 6 nitrogen and oxygen atoms in total. The molecule has 1 aromatic carbocycles. The van der Waals surface area contributed by atoms with Crippen LogP contribution in [0.1, 0.15) is 59.1 Å². The molecule has 2 aromatic rings. The van der Waals surface area contributed by atoms with Crippen LogP contribution in [-0.2, 0) is 0 Å². The highest BCUT2D eigenvalue weighted by atomic mass is 19.1. The smallest absolute Gasteiger partial charge is 0.404 e. The fourth-order valence-electron chi connectivity index (χ4n) is 4.36. The summed E-state index contributed by atoms with van der Waals surface area (Å²) in [5, 5.41) is 11.6. The molecule has 168 valence electrons. The first kappa shape index (κ1) is 22.8. The Morgan fingerprint density at radius 2 is 2.03 bits per heavy atom. The van der Waals surface area contributed by atoms with E-state index < -0.39 is 17.8 Å². The third-order valence-electron chi connectivity index (χ3n) is 5.19. The highest BCUT2D eigenvalue weighted by molar-refractivity contribution is 5.76. The second-order valence-corrected chi connectivity index (χ2v) is 9.69. The van der Waals surface area contributed by atoms with Gasteiger partial charge in [-0.15, -0.1) is 0 Å². The fraction of sp³-hybridized carbons (Fsp3) is 0.500. The number of halogens is 1. The van der Waals surface area contributed by atoms with Crippen molar-refractivity contribution in [2.75, 3.05) is 6.61 Å². The Kier molecular flexibility index (Phi) is 6.43. The van der Waals surface area contributed by atoms with E-state index in [0.29, 0.717) is 17.9 Å². The maximum Gasteiger partial charge on any atom is 0.404 e. The van der Waals surface area contributed by atoms with Crippen molar-refractivity contribution >= 4 is 6.09 Å².